The van der Waals surface area contributed by atoms with E-state index in [1.165, 1.54) is 27.6 Å². The Bertz CT molecular complexity index is 3340. The zero-order valence-corrected chi connectivity index (χ0v) is 31.1. The Balaban J connectivity index is 1.11. The van der Waals surface area contributed by atoms with Crippen molar-refractivity contribution in [1.82, 2.24) is 23.8 Å². The van der Waals surface area contributed by atoms with Gasteiger partial charge in [0.2, 0.25) is 0 Å². The Kier molecular flexibility index (Phi) is 6.84. The maximum Gasteiger partial charge on any atom is 0.146 e. The van der Waals surface area contributed by atoms with E-state index in [1.54, 1.807) is 0 Å². The van der Waals surface area contributed by atoms with Crippen molar-refractivity contribution in [2.45, 2.75) is 39.5 Å². The molecule has 0 atom stereocenters. The van der Waals surface area contributed by atoms with Crippen LogP contribution in [0.2, 0.25) is 0 Å². The average molecular weight is 712 g/mol. The van der Waals surface area contributed by atoms with Gasteiger partial charge in [-0.05, 0) is 118 Å². The van der Waals surface area contributed by atoms with Gasteiger partial charge in [0.15, 0.2) is 0 Å². The first-order valence-corrected chi connectivity index (χ1v) is 19.1. The fourth-order valence-electron chi connectivity index (χ4n) is 8.82. The average Bonchev–Trinajstić information content (AvgIpc) is 3.81. The van der Waals surface area contributed by atoms with Crippen LogP contribution in [-0.2, 0) is 0 Å². The highest BCUT2D eigenvalue weighted by Crippen LogP contribution is 2.41. The standard InChI is InChI=1S/C49H37N5O/c1-28(2)33-10-9-11-34(29(3)4)47(33)30-16-19-37-35-20-17-31(25-38(35)49-52-42-13-6-8-15-45(42)54(49)46(37)24-30)55-32-18-21-36-39(26-32)48-51-41-12-5-7-14-44(41)53(48)43-22-23-50-27-40(36)43/h5-29H,1-4H3. The molecule has 6 aromatic carbocycles. The first-order chi connectivity index (χ1) is 26.9. The third-order valence-corrected chi connectivity index (χ3v) is 11.3. The van der Waals surface area contributed by atoms with Crippen molar-refractivity contribution in [1.29, 1.82) is 0 Å². The van der Waals surface area contributed by atoms with Crippen molar-refractivity contribution in [3.05, 3.63) is 151 Å². The van der Waals surface area contributed by atoms with E-state index in [9.17, 15) is 0 Å². The van der Waals surface area contributed by atoms with E-state index in [-0.39, 0.29) is 0 Å². The van der Waals surface area contributed by atoms with E-state index in [0.717, 1.165) is 82.8 Å². The summed E-state index contributed by atoms with van der Waals surface area (Å²) in [5.41, 5.74) is 13.4. The molecule has 0 radical (unpaired) electrons. The summed E-state index contributed by atoms with van der Waals surface area (Å²) in [6.07, 6.45) is 3.78. The number of fused-ring (bicyclic) bond motifs is 16. The van der Waals surface area contributed by atoms with Crippen LogP contribution < -0.4 is 4.74 Å². The van der Waals surface area contributed by atoms with Crippen LogP contribution in [0.1, 0.15) is 50.7 Å². The Morgan fingerprint density at radius 1 is 0.473 bits per heavy atom. The van der Waals surface area contributed by atoms with Crippen LogP contribution in [0.25, 0.3) is 87.8 Å². The van der Waals surface area contributed by atoms with E-state index in [0.29, 0.717) is 11.8 Å². The third-order valence-electron chi connectivity index (χ3n) is 11.3. The molecule has 6 heteroatoms. The lowest BCUT2D eigenvalue weighted by atomic mass is 9.84. The van der Waals surface area contributed by atoms with Gasteiger partial charge in [-0.1, -0.05) is 82.3 Å². The Morgan fingerprint density at radius 3 is 1.65 bits per heavy atom. The first-order valence-electron chi connectivity index (χ1n) is 19.1. The number of benzene rings is 6. The lowest BCUT2D eigenvalue weighted by Gasteiger charge is -2.21. The van der Waals surface area contributed by atoms with Gasteiger partial charge in [0.25, 0.3) is 0 Å². The predicted molar refractivity (Wildman–Crippen MR) is 227 cm³/mol. The normalized spacial score (nSPS) is 12.3. The van der Waals surface area contributed by atoms with Crippen LogP contribution in [0.3, 0.4) is 0 Å². The third kappa shape index (κ3) is 4.70. The minimum atomic E-state index is 0.401. The molecule has 0 bridgehead atoms. The smallest absolute Gasteiger partial charge is 0.146 e. The molecule has 0 spiro atoms. The molecular formula is C49H37N5O. The Morgan fingerprint density at radius 2 is 1.04 bits per heavy atom. The highest BCUT2D eigenvalue weighted by Gasteiger charge is 2.20. The van der Waals surface area contributed by atoms with Crippen LogP contribution in [0, 0.1) is 0 Å². The molecule has 0 aliphatic rings. The summed E-state index contributed by atoms with van der Waals surface area (Å²) < 4.78 is 11.3. The van der Waals surface area contributed by atoms with Crippen molar-refractivity contribution in [2.75, 3.05) is 0 Å². The number of hydrogen-bond donors (Lipinski definition) is 0. The second-order valence-electron chi connectivity index (χ2n) is 15.3. The minimum Gasteiger partial charge on any atom is -0.457 e. The lowest BCUT2D eigenvalue weighted by Crippen LogP contribution is -2.00. The Labute approximate surface area is 317 Å². The lowest BCUT2D eigenvalue weighted by molar-refractivity contribution is 0.484. The quantitative estimate of drug-likeness (QED) is 0.167. The van der Waals surface area contributed by atoms with Gasteiger partial charge in [-0.25, -0.2) is 9.97 Å². The summed E-state index contributed by atoms with van der Waals surface area (Å²) in [6.45, 7) is 9.15. The van der Waals surface area contributed by atoms with Crippen LogP contribution in [0.4, 0.5) is 0 Å². The van der Waals surface area contributed by atoms with Crippen LogP contribution in [-0.4, -0.2) is 23.8 Å². The number of para-hydroxylation sites is 4. The van der Waals surface area contributed by atoms with E-state index < -0.39 is 0 Å². The van der Waals surface area contributed by atoms with E-state index >= 15 is 0 Å². The molecular weight excluding hydrogens is 675 g/mol. The Hall–Kier alpha value is -6.79. The number of hydrogen-bond acceptors (Lipinski definition) is 4. The summed E-state index contributed by atoms with van der Waals surface area (Å²) in [5.74, 6) is 2.29. The van der Waals surface area contributed by atoms with Gasteiger partial charge < -0.3 is 4.74 Å². The molecule has 0 N–H and O–H groups in total. The molecule has 6 nitrogen and oxygen atoms in total. The summed E-state index contributed by atoms with van der Waals surface area (Å²) >= 11 is 0. The SMILES string of the molecule is CC(C)c1cccc(C(C)C)c1-c1ccc2c3ccc(Oc4ccc5c6cnccc6n6c7ccccc7nc6c5c4)cc3c3nc4ccccc4n3c2c1. The second-order valence-corrected chi connectivity index (χ2v) is 15.3. The summed E-state index contributed by atoms with van der Waals surface area (Å²) in [5, 5.41) is 6.53. The predicted octanol–water partition coefficient (Wildman–Crippen LogP) is 13.0. The summed E-state index contributed by atoms with van der Waals surface area (Å²) in [6, 6.07) is 45.2. The van der Waals surface area contributed by atoms with Crippen molar-refractivity contribution in [3.8, 4) is 22.6 Å². The number of nitrogens with zero attached hydrogens (tertiary/aromatic N) is 5. The zero-order chi connectivity index (χ0) is 36.9. The number of pyridine rings is 3. The monoisotopic (exact) mass is 711 g/mol. The van der Waals surface area contributed by atoms with Crippen LogP contribution in [0.5, 0.6) is 11.5 Å². The van der Waals surface area contributed by atoms with Crippen molar-refractivity contribution >= 4 is 76.7 Å². The molecule has 0 aliphatic carbocycles. The van der Waals surface area contributed by atoms with Crippen molar-refractivity contribution < 1.29 is 4.74 Å². The van der Waals surface area contributed by atoms with Gasteiger partial charge >= 0.3 is 0 Å². The minimum absolute atomic E-state index is 0.401. The molecule has 11 rings (SSSR count). The number of imidazole rings is 2. The van der Waals surface area contributed by atoms with Gasteiger partial charge in [-0.2, -0.15) is 0 Å². The van der Waals surface area contributed by atoms with Crippen molar-refractivity contribution in [2.24, 2.45) is 0 Å². The molecule has 0 saturated heterocycles. The molecule has 55 heavy (non-hydrogen) atoms. The zero-order valence-electron chi connectivity index (χ0n) is 31.1. The molecule has 0 aliphatic heterocycles. The second kappa shape index (κ2) is 11.9. The summed E-state index contributed by atoms with van der Waals surface area (Å²) in [7, 11) is 0. The molecule has 0 saturated carbocycles. The van der Waals surface area contributed by atoms with Gasteiger partial charge in [-0.3, -0.25) is 13.8 Å². The molecule has 5 heterocycles. The van der Waals surface area contributed by atoms with Crippen LogP contribution >= 0.6 is 0 Å². The maximum absolute atomic E-state index is 6.72. The van der Waals surface area contributed by atoms with Crippen molar-refractivity contribution in [3.63, 3.8) is 0 Å². The van der Waals surface area contributed by atoms with E-state index in [2.05, 4.69) is 157 Å². The molecule has 264 valence electrons. The highest BCUT2D eigenvalue weighted by atomic mass is 16.5. The van der Waals surface area contributed by atoms with Crippen LogP contribution in [0.15, 0.2) is 140 Å². The topological polar surface area (TPSA) is 56.7 Å². The molecule has 0 unspecified atom stereocenters. The molecule has 11 aromatic rings. The molecule has 5 aromatic heterocycles. The number of ether oxygens (including phenoxy) is 1. The number of aromatic nitrogens is 5. The first kappa shape index (κ1) is 31.7. The number of rotatable bonds is 5. The van der Waals surface area contributed by atoms with Gasteiger partial charge in [-0.15, -0.1) is 0 Å². The summed E-state index contributed by atoms with van der Waals surface area (Å²) in [4.78, 5) is 14.8. The van der Waals surface area contributed by atoms with Gasteiger partial charge in [0.1, 0.15) is 22.8 Å². The highest BCUT2D eigenvalue weighted by molar-refractivity contribution is 6.16. The van der Waals surface area contributed by atoms with E-state index in [1.807, 2.05) is 24.5 Å². The fourth-order valence-corrected chi connectivity index (χ4v) is 8.82. The van der Waals surface area contributed by atoms with Gasteiger partial charge in [0.05, 0.1) is 33.1 Å². The molecule has 0 fully saturated rings. The van der Waals surface area contributed by atoms with Gasteiger partial charge in [0, 0.05) is 33.9 Å². The molecule has 0 amide bonds. The van der Waals surface area contributed by atoms with E-state index in [4.69, 9.17) is 14.7 Å². The fraction of sp³-hybridized carbons (Fsp3) is 0.122. The largest absolute Gasteiger partial charge is 0.457 e. The maximum atomic E-state index is 6.72.